The lowest BCUT2D eigenvalue weighted by atomic mass is 9.92. The molecule has 228 valence electrons. The summed E-state index contributed by atoms with van der Waals surface area (Å²) in [6.07, 6.45) is -4.21. The fraction of sp³-hybridized carbons (Fsp3) is 0.387. The van der Waals surface area contributed by atoms with Crippen molar-refractivity contribution < 1.29 is 53.6 Å². The first-order valence-electron chi connectivity index (χ1n) is 14.0. The SMILES string of the molecule is COc1cc(C2Oc3cc(C4Oc5cc(OCCN6CCOCC6)cc(O)c5C(=O)C4O)ccc3OC2CO)ccc1O. The van der Waals surface area contributed by atoms with Gasteiger partial charge in [-0.25, -0.2) is 0 Å². The maximum Gasteiger partial charge on any atom is 0.202 e. The van der Waals surface area contributed by atoms with Gasteiger partial charge in [0, 0.05) is 37.3 Å². The van der Waals surface area contributed by atoms with Gasteiger partial charge in [-0.1, -0.05) is 12.1 Å². The minimum absolute atomic E-state index is 0.0451. The van der Waals surface area contributed by atoms with E-state index in [-0.39, 0.29) is 35.2 Å². The molecule has 0 aliphatic carbocycles. The highest BCUT2D eigenvalue weighted by molar-refractivity contribution is 6.05. The molecule has 0 aromatic heterocycles. The number of nitrogens with zero attached hydrogens (tertiary/aromatic N) is 1. The summed E-state index contributed by atoms with van der Waals surface area (Å²) in [7, 11) is 1.43. The average molecular weight is 596 g/mol. The highest BCUT2D eigenvalue weighted by atomic mass is 16.6. The minimum Gasteiger partial charge on any atom is -0.507 e. The Hall–Kier alpha value is -4.23. The number of hydrogen-bond donors (Lipinski definition) is 4. The van der Waals surface area contributed by atoms with Crippen LogP contribution < -0.4 is 23.7 Å². The first-order valence-corrected chi connectivity index (χ1v) is 14.0. The van der Waals surface area contributed by atoms with Crippen molar-refractivity contribution in [2.45, 2.75) is 24.4 Å². The van der Waals surface area contributed by atoms with Crippen molar-refractivity contribution in [1.29, 1.82) is 0 Å². The van der Waals surface area contributed by atoms with Gasteiger partial charge < -0.3 is 48.8 Å². The molecule has 3 aromatic carbocycles. The fourth-order valence-electron chi connectivity index (χ4n) is 5.47. The van der Waals surface area contributed by atoms with Gasteiger partial charge >= 0.3 is 0 Å². The van der Waals surface area contributed by atoms with Gasteiger partial charge in [0.15, 0.2) is 47.4 Å². The average Bonchev–Trinajstić information content (AvgIpc) is 3.02. The third-order valence-electron chi connectivity index (χ3n) is 7.77. The van der Waals surface area contributed by atoms with Gasteiger partial charge in [0.25, 0.3) is 0 Å². The number of phenolic OH excluding ortho intramolecular Hbond substituents is 2. The number of ether oxygens (including phenoxy) is 6. The minimum atomic E-state index is -1.60. The molecule has 1 fully saturated rings. The van der Waals surface area contributed by atoms with Crippen LogP contribution in [-0.4, -0.2) is 96.5 Å². The molecule has 3 heterocycles. The Morgan fingerprint density at radius 1 is 0.884 bits per heavy atom. The summed E-state index contributed by atoms with van der Waals surface area (Å²) in [5.41, 5.74) is 0.907. The summed E-state index contributed by atoms with van der Waals surface area (Å²) < 4.78 is 34.8. The number of Topliss-reactive ketones (excluding diaryl/α,β-unsaturated/α-hetero) is 1. The quantitative estimate of drug-likeness (QED) is 0.302. The predicted molar refractivity (Wildman–Crippen MR) is 151 cm³/mol. The van der Waals surface area contributed by atoms with Crippen molar-refractivity contribution >= 4 is 5.78 Å². The maximum absolute atomic E-state index is 13.2. The van der Waals surface area contributed by atoms with Crippen molar-refractivity contribution in [3.63, 3.8) is 0 Å². The van der Waals surface area contributed by atoms with Gasteiger partial charge in [-0.2, -0.15) is 0 Å². The van der Waals surface area contributed by atoms with E-state index in [1.807, 2.05) is 0 Å². The van der Waals surface area contributed by atoms with Crippen LogP contribution in [-0.2, 0) is 4.74 Å². The molecule has 0 bridgehead atoms. The number of rotatable bonds is 8. The Labute approximate surface area is 247 Å². The molecule has 0 radical (unpaired) electrons. The molecule has 0 spiro atoms. The molecule has 3 aromatic rings. The highest BCUT2D eigenvalue weighted by Gasteiger charge is 2.40. The molecule has 0 saturated carbocycles. The number of methoxy groups -OCH3 is 1. The summed E-state index contributed by atoms with van der Waals surface area (Å²) in [5, 5.41) is 41.6. The van der Waals surface area contributed by atoms with Crippen LogP contribution in [0.4, 0.5) is 0 Å². The molecular weight excluding hydrogens is 562 g/mol. The van der Waals surface area contributed by atoms with E-state index < -0.39 is 30.2 Å². The van der Waals surface area contributed by atoms with E-state index in [1.54, 1.807) is 30.3 Å². The Morgan fingerprint density at radius 2 is 1.63 bits per heavy atom. The molecule has 4 N–H and O–H groups in total. The van der Waals surface area contributed by atoms with Gasteiger partial charge in [0.1, 0.15) is 29.4 Å². The second-order valence-electron chi connectivity index (χ2n) is 10.5. The topological polar surface area (TPSA) is 157 Å². The molecular formula is C31H33NO11. The second-order valence-corrected chi connectivity index (χ2v) is 10.5. The van der Waals surface area contributed by atoms with Gasteiger partial charge in [-0.15, -0.1) is 0 Å². The third-order valence-corrected chi connectivity index (χ3v) is 7.77. The lowest BCUT2D eigenvalue weighted by Gasteiger charge is -2.35. The summed E-state index contributed by atoms with van der Waals surface area (Å²) in [5.74, 6) is 0.241. The van der Waals surface area contributed by atoms with E-state index in [0.29, 0.717) is 54.7 Å². The maximum atomic E-state index is 13.2. The summed E-state index contributed by atoms with van der Waals surface area (Å²) >= 11 is 0. The van der Waals surface area contributed by atoms with Crippen LogP contribution in [0.25, 0.3) is 0 Å². The second kappa shape index (κ2) is 12.2. The molecule has 6 rings (SSSR count). The Balaban J connectivity index is 1.23. The van der Waals surface area contributed by atoms with Crippen molar-refractivity contribution in [2.24, 2.45) is 0 Å². The Kier molecular flexibility index (Phi) is 8.17. The molecule has 0 amide bonds. The summed E-state index contributed by atoms with van der Waals surface area (Å²) in [6, 6.07) is 12.4. The number of benzene rings is 3. The molecule has 12 heteroatoms. The number of carbonyl (C=O) groups is 1. The molecule has 3 aliphatic heterocycles. The predicted octanol–water partition coefficient (Wildman–Crippen LogP) is 2.37. The molecule has 12 nitrogen and oxygen atoms in total. The van der Waals surface area contributed by atoms with Gasteiger partial charge in [0.05, 0.1) is 26.9 Å². The van der Waals surface area contributed by atoms with E-state index in [1.165, 1.54) is 25.3 Å². The van der Waals surface area contributed by atoms with Crippen LogP contribution in [0.3, 0.4) is 0 Å². The van der Waals surface area contributed by atoms with Crippen LogP contribution in [0.15, 0.2) is 48.5 Å². The Morgan fingerprint density at radius 3 is 2.40 bits per heavy atom. The first kappa shape index (κ1) is 28.9. The van der Waals surface area contributed by atoms with E-state index >= 15 is 0 Å². The number of morpholine rings is 1. The van der Waals surface area contributed by atoms with Crippen molar-refractivity contribution in [2.75, 3.05) is 53.2 Å². The van der Waals surface area contributed by atoms with Gasteiger partial charge in [-0.3, -0.25) is 9.69 Å². The smallest absolute Gasteiger partial charge is 0.202 e. The molecule has 43 heavy (non-hydrogen) atoms. The first-order chi connectivity index (χ1) is 20.9. The van der Waals surface area contributed by atoms with Crippen molar-refractivity contribution in [1.82, 2.24) is 4.90 Å². The lowest BCUT2D eigenvalue weighted by Crippen LogP contribution is -2.38. The normalized spacial score (nSPS) is 23.3. The number of aliphatic hydroxyl groups is 2. The van der Waals surface area contributed by atoms with Crippen LogP contribution in [0.1, 0.15) is 33.7 Å². The standard InChI is InChI=1S/C31H33NO11/c1-38-23-12-17(2-4-20(23)34)30-26(16-33)41-22-5-3-18(13-24(22)42-30)31-29(37)28(36)27-21(35)14-19(15-25(27)43-31)40-11-8-32-6-9-39-10-7-32/h2-5,12-15,26,29-31,33-35,37H,6-11,16H2,1H3. The van der Waals surface area contributed by atoms with Crippen LogP contribution in [0, 0.1) is 0 Å². The van der Waals surface area contributed by atoms with Gasteiger partial charge in [0.2, 0.25) is 5.78 Å². The molecule has 3 aliphatic rings. The lowest BCUT2D eigenvalue weighted by molar-refractivity contribution is -0.0130. The zero-order valence-corrected chi connectivity index (χ0v) is 23.5. The number of hydrogen-bond acceptors (Lipinski definition) is 12. The number of ketones is 1. The molecule has 1 saturated heterocycles. The van der Waals surface area contributed by atoms with E-state index in [0.717, 1.165) is 13.1 Å². The third kappa shape index (κ3) is 5.74. The van der Waals surface area contributed by atoms with E-state index in [9.17, 15) is 25.2 Å². The van der Waals surface area contributed by atoms with Crippen LogP contribution in [0.2, 0.25) is 0 Å². The largest absolute Gasteiger partial charge is 0.507 e. The molecule has 4 unspecified atom stereocenters. The van der Waals surface area contributed by atoms with E-state index in [4.69, 9.17) is 28.4 Å². The zero-order valence-electron chi connectivity index (χ0n) is 23.5. The van der Waals surface area contributed by atoms with Crippen molar-refractivity contribution in [3.8, 4) is 40.2 Å². The summed E-state index contributed by atoms with van der Waals surface area (Å²) in [6.45, 7) is 3.68. The Bertz CT molecular complexity index is 1490. The monoisotopic (exact) mass is 595 g/mol. The number of phenols is 2. The van der Waals surface area contributed by atoms with Crippen LogP contribution in [0.5, 0.6) is 40.2 Å². The highest BCUT2D eigenvalue weighted by Crippen LogP contribution is 2.46. The number of fused-ring (bicyclic) bond motifs is 2. The zero-order chi connectivity index (χ0) is 30.1. The number of carbonyl (C=O) groups excluding carboxylic acids is 1. The summed E-state index contributed by atoms with van der Waals surface area (Å²) in [4.78, 5) is 15.4. The van der Waals surface area contributed by atoms with Crippen molar-refractivity contribution in [3.05, 3.63) is 65.2 Å². The van der Waals surface area contributed by atoms with Gasteiger partial charge in [-0.05, 0) is 29.8 Å². The fourth-order valence-corrected chi connectivity index (χ4v) is 5.47. The van der Waals surface area contributed by atoms with Crippen LogP contribution >= 0.6 is 0 Å². The number of aliphatic hydroxyl groups excluding tert-OH is 2. The van der Waals surface area contributed by atoms with E-state index in [2.05, 4.69) is 4.90 Å². The number of aromatic hydroxyl groups is 2. The molecule has 4 atom stereocenters.